The Morgan fingerprint density at radius 2 is 1.44 bits per heavy atom. The van der Waals surface area contributed by atoms with Gasteiger partial charge in [0.05, 0.1) is 25.9 Å². The molecule has 0 spiro atoms. The van der Waals surface area contributed by atoms with E-state index < -0.39 is 0 Å². The van der Waals surface area contributed by atoms with Crippen molar-refractivity contribution < 1.29 is 0 Å². The van der Waals surface area contributed by atoms with Gasteiger partial charge in [0.2, 0.25) is 0 Å². The van der Waals surface area contributed by atoms with Gasteiger partial charge in [-0.1, -0.05) is 11.2 Å². The maximum atomic E-state index is 5.32. The van der Waals surface area contributed by atoms with Crippen molar-refractivity contribution in [3.8, 4) is 0 Å². The van der Waals surface area contributed by atoms with Crippen LogP contribution in [0, 0.1) is 0 Å². The van der Waals surface area contributed by atoms with Gasteiger partial charge in [-0.3, -0.25) is 14.7 Å². The van der Waals surface area contributed by atoms with Crippen LogP contribution in [0.2, 0.25) is 0 Å². The van der Waals surface area contributed by atoms with E-state index in [1.54, 1.807) is 0 Å². The van der Waals surface area contributed by atoms with E-state index in [4.69, 9.17) is 11.2 Å². The second-order valence-electron chi connectivity index (χ2n) is 5.16. The quantitative estimate of drug-likeness (QED) is 0.755. The van der Waals surface area contributed by atoms with Crippen LogP contribution in [-0.2, 0) is 20.6 Å². The Hall–Kier alpha value is 0.450. The van der Waals surface area contributed by atoms with E-state index in [0.717, 1.165) is 25.9 Å². The molecule has 0 aromatic heterocycles. The highest BCUT2D eigenvalue weighted by molar-refractivity contribution is 8.28. The van der Waals surface area contributed by atoms with Crippen molar-refractivity contribution in [1.82, 2.24) is 14.7 Å². The first-order valence-electron chi connectivity index (χ1n) is 5.90. The van der Waals surface area contributed by atoms with Crippen LogP contribution in [0.5, 0.6) is 0 Å². The lowest BCUT2D eigenvalue weighted by Crippen LogP contribution is -2.58. The number of rotatable bonds is 4. The van der Waals surface area contributed by atoms with Gasteiger partial charge in [-0.25, -0.2) is 0 Å². The van der Waals surface area contributed by atoms with E-state index in [2.05, 4.69) is 48.7 Å². The van der Waals surface area contributed by atoms with Gasteiger partial charge >= 0.3 is 0 Å². The Labute approximate surface area is 107 Å². The summed E-state index contributed by atoms with van der Waals surface area (Å²) in [7, 11) is 0.0865. The van der Waals surface area contributed by atoms with Crippen molar-refractivity contribution in [2.24, 2.45) is 0 Å². The lowest BCUT2D eigenvalue weighted by Gasteiger charge is -2.45. The molecule has 16 heavy (non-hydrogen) atoms. The molecule has 0 aromatic carbocycles. The highest BCUT2D eigenvalue weighted by Gasteiger charge is 2.26. The van der Waals surface area contributed by atoms with Crippen molar-refractivity contribution in [2.45, 2.75) is 39.8 Å². The first kappa shape index (κ1) is 14.5. The van der Waals surface area contributed by atoms with Gasteiger partial charge in [0.25, 0.3) is 0 Å². The summed E-state index contributed by atoms with van der Waals surface area (Å²) in [4.78, 5) is 7.48. The Balaban J connectivity index is 2.62. The summed E-state index contributed by atoms with van der Waals surface area (Å²) in [5, 5.41) is 0. The molecular weight excluding hydrogens is 238 g/mol. The standard InChI is InChI=1S/C11H25N3S2/c1-10(2)13-6-12(9-16(5)15)7-14(8-13)11(3)4/h10-11H,6-9H2,1-5H3. The van der Waals surface area contributed by atoms with Crippen molar-refractivity contribution in [3.63, 3.8) is 0 Å². The summed E-state index contributed by atoms with van der Waals surface area (Å²) < 4.78 is 0. The monoisotopic (exact) mass is 263 g/mol. The van der Waals surface area contributed by atoms with Crippen LogP contribution in [0.3, 0.4) is 0 Å². The topological polar surface area (TPSA) is 9.72 Å². The molecular formula is C11H25N3S2. The van der Waals surface area contributed by atoms with E-state index in [1.165, 1.54) is 0 Å². The van der Waals surface area contributed by atoms with Crippen LogP contribution in [0.1, 0.15) is 27.7 Å². The van der Waals surface area contributed by atoms with Gasteiger partial charge in [-0.15, -0.1) is 9.45 Å². The average Bonchev–Trinajstić information content (AvgIpc) is 2.15. The zero-order valence-corrected chi connectivity index (χ0v) is 12.8. The van der Waals surface area contributed by atoms with Crippen molar-refractivity contribution in [3.05, 3.63) is 0 Å². The van der Waals surface area contributed by atoms with E-state index in [0.29, 0.717) is 12.1 Å². The largest absolute Gasteiger partial charge is 0.275 e. The molecule has 0 amide bonds. The predicted molar refractivity (Wildman–Crippen MR) is 75.9 cm³/mol. The first-order valence-corrected chi connectivity index (χ1v) is 8.63. The summed E-state index contributed by atoms with van der Waals surface area (Å²) in [6.07, 6.45) is 2.14. The minimum atomic E-state index is 0.0865. The number of hydrogen-bond donors (Lipinski definition) is 0. The van der Waals surface area contributed by atoms with Gasteiger partial charge in [-0.05, 0) is 34.0 Å². The number of hydrogen-bond acceptors (Lipinski definition) is 4. The van der Waals surface area contributed by atoms with Crippen LogP contribution in [0.4, 0.5) is 0 Å². The fraction of sp³-hybridized carbons (Fsp3) is 1.00. The van der Waals surface area contributed by atoms with Gasteiger partial charge < -0.3 is 0 Å². The normalized spacial score (nSPS) is 23.2. The fourth-order valence-corrected chi connectivity index (χ4v) is 3.00. The van der Waals surface area contributed by atoms with Crippen LogP contribution >= 0.6 is 0 Å². The molecule has 0 saturated carbocycles. The van der Waals surface area contributed by atoms with E-state index in [9.17, 15) is 0 Å². The smallest absolute Gasteiger partial charge is 0.0541 e. The minimum absolute atomic E-state index is 0.0865. The molecule has 1 aliphatic heterocycles. The molecule has 0 N–H and O–H groups in total. The summed E-state index contributed by atoms with van der Waals surface area (Å²) >= 11 is 5.32. The zero-order valence-electron chi connectivity index (χ0n) is 11.1. The average molecular weight is 263 g/mol. The summed E-state index contributed by atoms with van der Waals surface area (Å²) in [5.74, 6) is 1.04. The molecule has 3 nitrogen and oxygen atoms in total. The lowest BCUT2D eigenvalue weighted by atomic mass is 10.3. The summed E-state index contributed by atoms with van der Waals surface area (Å²) in [5.41, 5.74) is 0. The van der Waals surface area contributed by atoms with Crippen molar-refractivity contribution >= 4 is 20.6 Å². The van der Waals surface area contributed by atoms with Crippen LogP contribution in [-0.4, -0.2) is 58.9 Å². The number of nitrogens with zero attached hydrogens (tertiary/aromatic N) is 3. The van der Waals surface area contributed by atoms with Gasteiger partial charge in [0.15, 0.2) is 0 Å². The Morgan fingerprint density at radius 3 is 1.75 bits per heavy atom. The third kappa shape index (κ3) is 4.37. The molecule has 96 valence electrons. The molecule has 1 fully saturated rings. The Kier molecular flexibility index (Phi) is 5.81. The van der Waals surface area contributed by atoms with E-state index >= 15 is 0 Å². The Bertz CT molecular complexity index is 227. The molecule has 1 unspecified atom stereocenters. The molecule has 5 heteroatoms. The van der Waals surface area contributed by atoms with Gasteiger partial charge in [-0.2, -0.15) is 0 Å². The molecule has 1 rings (SSSR count). The fourth-order valence-electron chi connectivity index (χ4n) is 1.87. The summed E-state index contributed by atoms with van der Waals surface area (Å²) in [6, 6.07) is 1.21. The van der Waals surface area contributed by atoms with Crippen LogP contribution in [0.25, 0.3) is 0 Å². The van der Waals surface area contributed by atoms with E-state index in [1.807, 2.05) is 0 Å². The third-order valence-electron chi connectivity index (χ3n) is 2.95. The molecule has 1 saturated heterocycles. The SMILES string of the molecule is CC(C)N1CN(CS(C)=S)CN(C(C)C)C1. The third-order valence-corrected chi connectivity index (χ3v) is 4.00. The Morgan fingerprint density at radius 1 is 1.00 bits per heavy atom. The molecule has 0 aliphatic carbocycles. The zero-order chi connectivity index (χ0) is 12.3. The van der Waals surface area contributed by atoms with Crippen molar-refractivity contribution in [2.75, 3.05) is 32.1 Å². The van der Waals surface area contributed by atoms with Crippen LogP contribution < -0.4 is 0 Å². The van der Waals surface area contributed by atoms with Gasteiger partial charge in [0.1, 0.15) is 0 Å². The maximum Gasteiger partial charge on any atom is 0.0541 e. The maximum absolute atomic E-state index is 5.32. The van der Waals surface area contributed by atoms with Crippen LogP contribution in [0.15, 0.2) is 0 Å². The molecule has 1 aliphatic rings. The predicted octanol–water partition coefficient (Wildman–Crippen LogP) is 1.26. The summed E-state index contributed by atoms with van der Waals surface area (Å²) in [6.45, 7) is 12.3. The highest BCUT2D eigenvalue weighted by atomic mass is 32.8. The molecule has 0 bridgehead atoms. The molecule has 1 atom stereocenters. The molecule has 1 heterocycles. The van der Waals surface area contributed by atoms with E-state index in [-0.39, 0.29) is 9.45 Å². The molecule has 0 aromatic rings. The minimum Gasteiger partial charge on any atom is -0.275 e. The van der Waals surface area contributed by atoms with Crippen molar-refractivity contribution in [1.29, 1.82) is 0 Å². The molecule has 0 radical (unpaired) electrons. The second-order valence-corrected chi connectivity index (χ2v) is 8.27. The van der Waals surface area contributed by atoms with Gasteiger partial charge in [0, 0.05) is 12.1 Å². The second kappa shape index (κ2) is 6.40. The highest BCUT2D eigenvalue weighted by Crippen LogP contribution is 2.13. The lowest BCUT2D eigenvalue weighted by molar-refractivity contribution is -0.0488. The first-order chi connectivity index (χ1) is 7.40.